The topological polar surface area (TPSA) is 69.7 Å². The Balaban J connectivity index is 1.50. The number of aliphatic carboxylic acids is 1. The SMILES string of the molecule is C=C(C)[C@@H]1CC=C(CN2C[C@@]34C=C[C@H](O3)[C@H](C(=O)[O-])[C@@H]4C2=O)CC1. The Morgan fingerprint density at radius 1 is 1.54 bits per heavy atom. The Bertz CT molecular complexity index is 679. The number of rotatable bonds is 4. The van der Waals surface area contributed by atoms with Crippen molar-refractivity contribution < 1.29 is 19.4 Å². The summed E-state index contributed by atoms with van der Waals surface area (Å²) < 4.78 is 5.87. The van der Waals surface area contributed by atoms with Crippen molar-refractivity contribution in [3.8, 4) is 0 Å². The van der Waals surface area contributed by atoms with Gasteiger partial charge in [0.05, 0.1) is 18.6 Å². The number of likely N-dealkylation sites (tertiary alicyclic amines) is 1. The number of fused-ring (bicyclic) bond motifs is 1. The van der Waals surface area contributed by atoms with E-state index in [4.69, 9.17) is 4.74 Å². The van der Waals surface area contributed by atoms with Gasteiger partial charge in [-0.1, -0.05) is 36.0 Å². The molecule has 5 heteroatoms. The van der Waals surface area contributed by atoms with E-state index in [0.29, 0.717) is 19.0 Å². The molecule has 0 unspecified atom stereocenters. The molecule has 2 fully saturated rings. The van der Waals surface area contributed by atoms with Gasteiger partial charge in [0.15, 0.2) is 0 Å². The number of hydrogen-bond donors (Lipinski definition) is 0. The van der Waals surface area contributed by atoms with Crippen LogP contribution in [0.15, 0.2) is 36.0 Å². The van der Waals surface area contributed by atoms with Crippen LogP contribution >= 0.6 is 0 Å². The number of carboxylic acid groups (broad SMARTS) is 1. The van der Waals surface area contributed by atoms with Gasteiger partial charge in [0.1, 0.15) is 5.60 Å². The maximum absolute atomic E-state index is 12.8. The van der Waals surface area contributed by atoms with Crippen LogP contribution in [-0.2, 0) is 14.3 Å². The number of carbonyl (C=O) groups is 2. The first kappa shape index (κ1) is 15.6. The van der Waals surface area contributed by atoms with Gasteiger partial charge in [0, 0.05) is 18.4 Å². The second kappa shape index (κ2) is 5.31. The van der Waals surface area contributed by atoms with Gasteiger partial charge in [-0.2, -0.15) is 0 Å². The highest BCUT2D eigenvalue weighted by atomic mass is 16.5. The van der Waals surface area contributed by atoms with Crippen LogP contribution in [0.25, 0.3) is 0 Å². The lowest BCUT2D eigenvalue weighted by Gasteiger charge is -2.27. The fourth-order valence-electron chi connectivity index (χ4n) is 4.71. The number of amides is 1. The van der Waals surface area contributed by atoms with Crippen molar-refractivity contribution in [1.29, 1.82) is 0 Å². The molecule has 0 aromatic rings. The molecule has 128 valence electrons. The Labute approximate surface area is 141 Å². The van der Waals surface area contributed by atoms with E-state index in [1.54, 1.807) is 11.0 Å². The van der Waals surface area contributed by atoms with Gasteiger partial charge in [0.25, 0.3) is 0 Å². The third-order valence-electron chi connectivity index (χ3n) is 6.05. The van der Waals surface area contributed by atoms with Crippen LogP contribution in [0.5, 0.6) is 0 Å². The molecular formula is C19H22NO4-. The van der Waals surface area contributed by atoms with E-state index in [0.717, 1.165) is 19.3 Å². The first-order valence-corrected chi connectivity index (χ1v) is 8.61. The second-order valence-electron chi connectivity index (χ2n) is 7.59. The average molecular weight is 328 g/mol. The van der Waals surface area contributed by atoms with Crippen LogP contribution < -0.4 is 5.11 Å². The molecule has 5 nitrogen and oxygen atoms in total. The molecule has 0 aromatic heterocycles. The monoisotopic (exact) mass is 328 g/mol. The Hall–Kier alpha value is -1.88. The quantitative estimate of drug-likeness (QED) is 0.717. The minimum atomic E-state index is -1.19. The van der Waals surface area contributed by atoms with E-state index in [-0.39, 0.29) is 5.91 Å². The fourth-order valence-corrected chi connectivity index (χ4v) is 4.71. The summed E-state index contributed by atoms with van der Waals surface area (Å²) in [4.78, 5) is 26.0. The Morgan fingerprint density at radius 2 is 2.33 bits per heavy atom. The van der Waals surface area contributed by atoms with Crippen molar-refractivity contribution in [3.05, 3.63) is 36.0 Å². The van der Waals surface area contributed by atoms with Crippen molar-refractivity contribution in [2.45, 2.75) is 37.9 Å². The molecule has 1 aliphatic carbocycles. The molecule has 0 saturated carbocycles. The third-order valence-corrected chi connectivity index (χ3v) is 6.05. The highest BCUT2D eigenvalue weighted by Gasteiger charge is 2.65. The van der Waals surface area contributed by atoms with Crippen molar-refractivity contribution in [3.63, 3.8) is 0 Å². The number of hydrogen-bond acceptors (Lipinski definition) is 4. The smallest absolute Gasteiger partial charge is 0.230 e. The third kappa shape index (κ3) is 2.18. The minimum absolute atomic E-state index is 0.112. The zero-order valence-corrected chi connectivity index (χ0v) is 13.9. The Kier molecular flexibility index (Phi) is 3.46. The van der Waals surface area contributed by atoms with Crippen LogP contribution in [0.2, 0.25) is 0 Å². The van der Waals surface area contributed by atoms with Gasteiger partial charge in [-0.25, -0.2) is 0 Å². The summed E-state index contributed by atoms with van der Waals surface area (Å²) in [5, 5.41) is 11.5. The van der Waals surface area contributed by atoms with Crippen molar-refractivity contribution in [2.75, 3.05) is 13.1 Å². The molecule has 4 rings (SSSR count). The van der Waals surface area contributed by atoms with Gasteiger partial charge in [-0.05, 0) is 32.1 Å². The zero-order chi connectivity index (χ0) is 17.1. The van der Waals surface area contributed by atoms with Crippen LogP contribution in [0.4, 0.5) is 0 Å². The second-order valence-corrected chi connectivity index (χ2v) is 7.59. The van der Waals surface area contributed by atoms with Gasteiger partial charge >= 0.3 is 0 Å². The lowest BCUT2D eigenvalue weighted by atomic mass is 9.77. The minimum Gasteiger partial charge on any atom is -0.550 e. The number of carbonyl (C=O) groups excluding carboxylic acids is 2. The number of carboxylic acids is 1. The fraction of sp³-hybridized carbons (Fsp3) is 0.579. The maximum Gasteiger partial charge on any atom is 0.230 e. The number of allylic oxidation sites excluding steroid dienone is 2. The molecule has 5 atom stereocenters. The lowest BCUT2D eigenvalue weighted by Crippen LogP contribution is -2.45. The standard InChI is InChI=1S/C19H23NO4/c1-11(2)13-5-3-12(4-6-13)9-20-10-19-8-7-14(24-19)15(18(22)23)16(19)17(20)21/h3,7-8,13-16H,1,4-6,9-10H2,2H3,(H,22,23)/p-1/t13-,14+,15+,16-,19-/m1/s1. The normalized spacial score (nSPS) is 40.0. The zero-order valence-electron chi connectivity index (χ0n) is 13.9. The van der Waals surface area contributed by atoms with Crippen LogP contribution in [0.3, 0.4) is 0 Å². The van der Waals surface area contributed by atoms with Crippen LogP contribution in [0.1, 0.15) is 26.2 Å². The predicted octanol–water partition coefficient (Wildman–Crippen LogP) is 0.821. The molecule has 0 radical (unpaired) electrons. The first-order valence-electron chi connectivity index (χ1n) is 8.61. The lowest BCUT2D eigenvalue weighted by molar-refractivity contribution is -0.313. The Morgan fingerprint density at radius 3 is 2.96 bits per heavy atom. The number of ether oxygens (including phenoxy) is 1. The highest BCUT2D eigenvalue weighted by molar-refractivity contribution is 5.90. The van der Waals surface area contributed by atoms with Gasteiger partial charge in [0.2, 0.25) is 5.91 Å². The van der Waals surface area contributed by atoms with E-state index in [9.17, 15) is 14.7 Å². The molecule has 0 N–H and O–H groups in total. The largest absolute Gasteiger partial charge is 0.550 e. The van der Waals surface area contributed by atoms with E-state index >= 15 is 0 Å². The van der Waals surface area contributed by atoms with E-state index in [1.165, 1.54) is 11.1 Å². The summed E-state index contributed by atoms with van der Waals surface area (Å²) in [5.74, 6) is -2.26. The number of nitrogens with zero attached hydrogens (tertiary/aromatic N) is 1. The van der Waals surface area contributed by atoms with Gasteiger partial charge in [-0.3, -0.25) is 4.79 Å². The first-order chi connectivity index (χ1) is 11.4. The summed E-state index contributed by atoms with van der Waals surface area (Å²) in [6.07, 6.45) is 8.35. The molecule has 24 heavy (non-hydrogen) atoms. The average Bonchev–Trinajstić information content (AvgIpc) is 3.16. The maximum atomic E-state index is 12.8. The van der Waals surface area contributed by atoms with E-state index < -0.39 is 29.5 Å². The summed E-state index contributed by atoms with van der Waals surface area (Å²) in [6.45, 7) is 7.10. The van der Waals surface area contributed by atoms with Gasteiger partial charge < -0.3 is 19.5 Å². The molecule has 2 bridgehead atoms. The summed E-state index contributed by atoms with van der Waals surface area (Å²) >= 11 is 0. The molecular weight excluding hydrogens is 306 g/mol. The molecule has 3 heterocycles. The molecule has 1 amide bonds. The molecule has 2 saturated heterocycles. The summed E-state index contributed by atoms with van der Waals surface area (Å²) in [6, 6.07) is 0. The molecule has 1 spiro atoms. The summed E-state index contributed by atoms with van der Waals surface area (Å²) in [5.41, 5.74) is 1.70. The van der Waals surface area contributed by atoms with E-state index in [1.807, 2.05) is 6.08 Å². The van der Waals surface area contributed by atoms with E-state index in [2.05, 4.69) is 19.6 Å². The van der Waals surface area contributed by atoms with Crippen LogP contribution in [-0.4, -0.2) is 41.6 Å². The molecule has 4 aliphatic rings. The van der Waals surface area contributed by atoms with Crippen molar-refractivity contribution in [2.24, 2.45) is 17.8 Å². The highest BCUT2D eigenvalue weighted by Crippen LogP contribution is 2.51. The van der Waals surface area contributed by atoms with Crippen molar-refractivity contribution >= 4 is 11.9 Å². The van der Waals surface area contributed by atoms with Gasteiger partial charge in [-0.15, -0.1) is 0 Å². The van der Waals surface area contributed by atoms with Crippen molar-refractivity contribution in [1.82, 2.24) is 4.90 Å². The predicted molar refractivity (Wildman–Crippen MR) is 85.5 cm³/mol. The molecule has 0 aromatic carbocycles. The molecule has 3 aliphatic heterocycles. The summed E-state index contributed by atoms with van der Waals surface area (Å²) in [7, 11) is 0. The van der Waals surface area contributed by atoms with Crippen LogP contribution in [0, 0.1) is 17.8 Å².